The van der Waals surface area contributed by atoms with Crippen LogP contribution in [0, 0.1) is 6.92 Å². The Morgan fingerprint density at radius 3 is 2.76 bits per heavy atom. The van der Waals surface area contributed by atoms with E-state index in [0.29, 0.717) is 49.2 Å². The second kappa shape index (κ2) is 10.6. The zero-order chi connectivity index (χ0) is 25.9. The number of carbonyl (C=O) groups is 2. The Morgan fingerprint density at radius 2 is 2.00 bits per heavy atom. The molecule has 2 aliphatic rings. The first-order chi connectivity index (χ1) is 17.9. The van der Waals surface area contributed by atoms with Crippen LogP contribution < -0.4 is 19.5 Å². The number of aryl methyl sites for hydroxylation is 1. The summed E-state index contributed by atoms with van der Waals surface area (Å²) in [5.41, 5.74) is 1.38. The molecule has 0 saturated carbocycles. The van der Waals surface area contributed by atoms with Crippen molar-refractivity contribution in [3.63, 3.8) is 0 Å². The Hall–Kier alpha value is -3.89. The van der Waals surface area contributed by atoms with Gasteiger partial charge in [-0.15, -0.1) is 0 Å². The highest BCUT2D eigenvalue weighted by molar-refractivity contribution is 6.34. The summed E-state index contributed by atoms with van der Waals surface area (Å²) in [6.07, 6.45) is 3.65. The normalized spacial score (nSPS) is 17.0. The SMILES string of the molecule is Cc1cnc(NC(=O)c2cc(Oc3ccc4c(c3Cl)OCCN(C)C4=O)cc(O[C@H]3CCOC3)c2)cn1. The predicted molar refractivity (Wildman–Crippen MR) is 135 cm³/mol. The van der Waals surface area contributed by atoms with Crippen molar-refractivity contribution < 1.29 is 28.5 Å². The Balaban J connectivity index is 1.45. The fraction of sp³-hybridized carbons (Fsp3) is 0.308. The van der Waals surface area contributed by atoms with Gasteiger partial charge < -0.3 is 29.2 Å². The first-order valence-corrected chi connectivity index (χ1v) is 12.1. The molecule has 1 aromatic heterocycles. The number of halogens is 1. The summed E-state index contributed by atoms with van der Waals surface area (Å²) in [6.45, 7) is 3.62. The zero-order valence-corrected chi connectivity index (χ0v) is 21.1. The monoisotopic (exact) mass is 524 g/mol. The van der Waals surface area contributed by atoms with Crippen molar-refractivity contribution in [2.24, 2.45) is 0 Å². The molecule has 0 radical (unpaired) electrons. The number of nitrogens with zero attached hydrogens (tertiary/aromatic N) is 3. The van der Waals surface area contributed by atoms with E-state index in [2.05, 4.69) is 15.3 Å². The number of hydrogen-bond donors (Lipinski definition) is 1. The van der Waals surface area contributed by atoms with E-state index < -0.39 is 5.91 Å². The quantitative estimate of drug-likeness (QED) is 0.512. The number of likely N-dealkylation sites (N-methyl/N-ethyl adjacent to an activating group) is 1. The molecule has 0 bridgehead atoms. The van der Waals surface area contributed by atoms with E-state index in [4.69, 9.17) is 30.5 Å². The molecule has 10 nitrogen and oxygen atoms in total. The predicted octanol–water partition coefficient (Wildman–Crippen LogP) is 4.12. The first kappa shape index (κ1) is 24.8. The molecule has 0 spiro atoms. The summed E-state index contributed by atoms with van der Waals surface area (Å²) in [7, 11) is 1.70. The molecule has 1 N–H and O–H groups in total. The third-order valence-corrected chi connectivity index (χ3v) is 6.25. The average Bonchev–Trinajstić information content (AvgIpc) is 3.34. The van der Waals surface area contributed by atoms with Crippen molar-refractivity contribution in [1.82, 2.24) is 14.9 Å². The van der Waals surface area contributed by atoms with Crippen LogP contribution in [0.1, 0.15) is 32.8 Å². The summed E-state index contributed by atoms with van der Waals surface area (Å²) in [4.78, 5) is 35.6. The molecule has 2 aliphatic heterocycles. The summed E-state index contributed by atoms with van der Waals surface area (Å²) < 4.78 is 23.3. The second-order valence-electron chi connectivity index (χ2n) is 8.73. The van der Waals surface area contributed by atoms with Crippen molar-refractivity contribution in [1.29, 1.82) is 0 Å². The maximum atomic E-state index is 13.1. The van der Waals surface area contributed by atoms with Gasteiger partial charge in [-0.25, -0.2) is 4.98 Å². The molecule has 5 rings (SSSR count). The molecule has 3 heterocycles. The van der Waals surface area contributed by atoms with Crippen LogP contribution in [0.15, 0.2) is 42.7 Å². The van der Waals surface area contributed by atoms with Gasteiger partial charge in [-0.2, -0.15) is 0 Å². The van der Waals surface area contributed by atoms with Crippen molar-refractivity contribution in [3.05, 3.63) is 64.6 Å². The van der Waals surface area contributed by atoms with Crippen molar-refractivity contribution in [2.45, 2.75) is 19.4 Å². The molecule has 37 heavy (non-hydrogen) atoms. The van der Waals surface area contributed by atoms with Gasteiger partial charge in [0.25, 0.3) is 11.8 Å². The minimum Gasteiger partial charge on any atom is -0.489 e. The van der Waals surface area contributed by atoms with Crippen LogP contribution in [0.4, 0.5) is 5.82 Å². The van der Waals surface area contributed by atoms with E-state index in [1.165, 1.54) is 6.20 Å². The summed E-state index contributed by atoms with van der Waals surface area (Å²) in [5.74, 6) is 1.00. The first-order valence-electron chi connectivity index (χ1n) is 11.8. The zero-order valence-electron chi connectivity index (χ0n) is 20.3. The van der Waals surface area contributed by atoms with E-state index in [1.807, 2.05) is 6.92 Å². The minimum atomic E-state index is -0.416. The number of amides is 2. The number of benzene rings is 2. The summed E-state index contributed by atoms with van der Waals surface area (Å²) >= 11 is 6.60. The van der Waals surface area contributed by atoms with Crippen LogP contribution in [-0.2, 0) is 4.74 Å². The number of rotatable bonds is 6. The molecular weight excluding hydrogens is 500 g/mol. The van der Waals surface area contributed by atoms with E-state index >= 15 is 0 Å². The number of ether oxygens (including phenoxy) is 4. The highest BCUT2D eigenvalue weighted by Crippen LogP contribution is 2.41. The maximum Gasteiger partial charge on any atom is 0.257 e. The third kappa shape index (κ3) is 5.60. The molecule has 2 amide bonds. The van der Waals surface area contributed by atoms with Gasteiger partial charge in [0, 0.05) is 25.1 Å². The van der Waals surface area contributed by atoms with Crippen LogP contribution in [0.2, 0.25) is 5.02 Å². The highest BCUT2D eigenvalue weighted by atomic mass is 35.5. The van der Waals surface area contributed by atoms with Crippen molar-refractivity contribution >= 4 is 29.2 Å². The van der Waals surface area contributed by atoms with Crippen LogP contribution in [0.5, 0.6) is 23.0 Å². The number of nitrogens with one attached hydrogen (secondary N) is 1. The molecule has 2 aromatic carbocycles. The molecule has 1 fully saturated rings. The van der Waals surface area contributed by atoms with Crippen LogP contribution in [-0.4, -0.2) is 66.2 Å². The van der Waals surface area contributed by atoms with Gasteiger partial charge >= 0.3 is 0 Å². The number of carbonyl (C=O) groups excluding carboxylic acids is 2. The Labute approximate surface area is 218 Å². The molecule has 192 valence electrons. The van der Waals surface area contributed by atoms with E-state index in [-0.39, 0.29) is 34.1 Å². The topological polar surface area (TPSA) is 112 Å². The standard InChI is InChI=1S/C26H25ClN4O6/c1-15-12-29-22(13-28-15)30-25(32)16-9-18(36-17-5-7-34-14-17)11-19(10-16)37-21-4-3-20-24(23(21)27)35-8-6-31(2)26(20)33/h3-4,9-13,17H,5-8,14H2,1-2H3,(H,29,30,32)/t17-/m0/s1. The molecule has 0 aliphatic carbocycles. The number of anilines is 1. The van der Waals surface area contributed by atoms with Crippen LogP contribution in [0.3, 0.4) is 0 Å². The Bertz CT molecular complexity index is 1330. The van der Waals surface area contributed by atoms with Crippen LogP contribution >= 0.6 is 11.6 Å². The smallest absolute Gasteiger partial charge is 0.257 e. The lowest BCUT2D eigenvalue weighted by atomic mass is 10.1. The van der Waals surface area contributed by atoms with Crippen molar-refractivity contribution in [3.8, 4) is 23.0 Å². The molecule has 1 atom stereocenters. The van der Waals surface area contributed by atoms with Gasteiger partial charge in [-0.05, 0) is 31.2 Å². The van der Waals surface area contributed by atoms with Gasteiger partial charge in [0.2, 0.25) is 0 Å². The lowest BCUT2D eigenvalue weighted by molar-refractivity contribution is 0.0796. The minimum absolute atomic E-state index is 0.137. The Morgan fingerprint density at radius 1 is 1.16 bits per heavy atom. The number of aromatic nitrogens is 2. The van der Waals surface area contributed by atoms with E-state index in [0.717, 1.165) is 12.1 Å². The van der Waals surface area contributed by atoms with Gasteiger partial charge in [-0.1, -0.05) is 11.6 Å². The van der Waals surface area contributed by atoms with Gasteiger partial charge in [0.15, 0.2) is 11.6 Å². The fourth-order valence-electron chi connectivity index (χ4n) is 3.92. The lowest BCUT2D eigenvalue weighted by Gasteiger charge is -2.17. The third-order valence-electron chi connectivity index (χ3n) is 5.90. The van der Waals surface area contributed by atoms with Crippen molar-refractivity contribution in [2.75, 3.05) is 38.7 Å². The molecular formula is C26H25ClN4O6. The fourth-order valence-corrected chi connectivity index (χ4v) is 4.18. The Kier molecular flexibility index (Phi) is 7.11. The highest BCUT2D eigenvalue weighted by Gasteiger charge is 2.26. The maximum absolute atomic E-state index is 13.1. The van der Waals surface area contributed by atoms with Gasteiger partial charge in [-0.3, -0.25) is 14.6 Å². The van der Waals surface area contributed by atoms with E-state index in [1.54, 1.807) is 48.5 Å². The number of hydrogen-bond acceptors (Lipinski definition) is 8. The van der Waals surface area contributed by atoms with E-state index in [9.17, 15) is 9.59 Å². The summed E-state index contributed by atoms with van der Waals surface area (Å²) in [5, 5.41) is 2.89. The summed E-state index contributed by atoms with van der Waals surface area (Å²) in [6, 6.07) is 8.07. The number of fused-ring (bicyclic) bond motifs is 1. The van der Waals surface area contributed by atoms with Gasteiger partial charge in [0.1, 0.15) is 35.0 Å². The molecule has 0 unspecified atom stereocenters. The average molecular weight is 525 g/mol. The molecule has 1 saturated heterocycles. The lowest BCUT2D eigenvalue weighted by Crippen LogP contribution is -2.27. The van der Waals surface area contributed by atoms with Gasteiger partial charge in [0.05, 0.1) is 43.4 Å². The molecule has 3 aromatic rings. The molecule has 11 heteroatoms. The van der Waals surface area contributed by atoms with Crippen LogP contribution in [0.25, 0.3) is 0 Å². The second-order valence-corrected chi connectivity index (χ2v) is 9.10. The largest absolute Gasteiger partial charge is 0.489 e.